The topological polar surface area (TPSA) is 6.48 Å². The number of likely N-dealkylation sites (tertiary alicyclic amines) is 1. The van der Waals surface area contributed by atoms with Crippen molar-refractivity contribution in [1.82, 2.24) is 9.80 Å². The Morgan fingerprint density at radius 1 is 1.33 bits per heavy atom. The number of alkyl halides is 1. The molecule has 0 aromatic heterocycles. The molecule has 0 spiro atoms. The number of nitrogens with zero attached hydrogens (tertiary/aromatic N) is 2. The van der Waals surface area contributed by atoms with Gasteiger partial charge in [0.2, 0.25) is 0 Å². The fourth-order valence-corrected chi connectivity index (χ4v) is 1.68. The predicted molar refractivity (Wildman–Crippen MR) is 49.1 cm³/mol. The van der Waals surface area contributed by atoms with Crippen LogP contribution in [0.4, 0.5) is 4.39 Å². The lowest BCUT2D eigenvalue weighted by Crippen LogP contribution is -2.36. The minimum atomic E-state index is -0.678. The summed E-state index contributed by atoms with van der Waals surface area (Å²) in [6.45, 7) is 5.70. The van der Waals surface area contributed by atoms with E-state index in [1.54, 1.807) is 0 Å². The minimum Gasteiger partial charge on any atom is -0.302 e. The molecule has 0 radical (unpaired) electrons. The summed E-state index contributed by atoms with van der Waals surface area (Å²) < 4.78 is 13.4. The third-order valence-electron chi connectivity index (χ3n) is 2.64. The lowest BCUT2D eigenvalue weighted by Gasteiger charge is -2.22. The Bertz CT molecular complexity index is 147. The van der Waals surface area contributed by atoms with Gasteiger partial charge >= 0.3 is 0 Å². The van der Waals surface area contributed by atoms with Crippen LogP contribution < -0.4 is 0 Å². The molecule has 0 aromatic carbocycles. The van der Waals surface area contributed by atoms with Crippen molar-refractivity contribution in [2.45, 2.75) is 32.1 Å². The summed E-state index contributed by atoms with van der Waals surface area (Å²) in [5.41, 5.74) is 0. The predicted octanol–water partition coefficient (Wildman–Crippen LogP) is 0.979. The summed E-state index contributed by atoms with van der Waals surface area (Å²) in [5.74, 6) is 0. The summed E-state index contributed by atoms with van der Waals surface area (Å²) in [6, 6.07) is 0.556. The highest BCUT2D eigenvalue weighted by atomic mass is 19.1. The van der Waals surface area contributed by atoms with Gasteiger partial charge in [0.1, 0.15) is 6.17 Å². The molecule has 0 amide bonds. The molecule has 0 aliphatic carbocycles. The highest BCUT2D eigenvalue weighted by Crippen LogP contribution is 2.18. The molecule has 1 saturated heterocycles. The molecule has 2 atom stereocenters. The van der Waals surface area contributed by atoms with Gasteiger partial charge in [-0.15, -0.1) is 0 Å². The minimum absolute atomic E-state index is 0.0902. The van der Waals surface area contributed by atoms with E-state index in [0.29, 0.717) is 12.6 Å². The van der Waals surface area contributed by atoms with Gasteiger partial charge in [0.15, 0.2) is 0 Å². The quantitative estimate of drug-likeness (QED) is 0.615. The van der Waals surface area contributed by atoms with E-state index in [1.165, 1.54) is 0 Å². The molecular formula is C9H19FN2. The zero-order chi connectivity index (χ0) is 9.30. The van der Waals surface area contributed by atoms with Crippen molar-refractivity contribution >= 4 is 0 Å². The van der Waals surface area contributed by atoms with Gasteiger partial charge in [-0.05, 0) is 27.9 Å². The molecule has 12 heavy (non-hydrogen) atoms. The normalized spacial score (nSPS) is 32.2. The first-order valence-corrected chi connectivity index (χ1v) is 4.57. The van der Waals surface area contributed by atoms with Gasteiger partial charge in [0.05, 0.1) is 6.04 Å². The first kappa shape index (κ1) is 9.93. The van der Waals surface area contributed by atoms with Crippen molar-refractivity contribution in [2.75, 3.05) is 27.2 Å². The third-order valence-corrected chi connectivity index (χ3v) is 2.64. The molecule has 3 heteroatoms. The van der Waals surface area contributed by atoms with Gasteiger partial charge in [-0.1, -0.05) is 0 Å². The van der Waals surface area contributed by atoms with Crippen molar-refractivity contribution in [3.63, 3.8) is 0 Å². The Hall–Kier alpha value is -0.150. The van der Waals surface area contributed by atoms with Crippen LogP contribution in [0.15, 0.2) is 0 Å². The molecule has 1 fully saturated rings. The molecule has 0 N–H and O–H groups in total. The lowest BCUT2D eigenvalue weighted by atomic mass is 10.2. The molecule has 1 heterocycles. The van der Waals surface area contributed by atoms with Crippen molar-refractivity contribution < 1.29 is 4.39 Å². The summed E-state index contributed by atoms with van der Waals surface area (Å²) in [4.78, 5) is 4.17. The molecule has 72 valence electrons. The van der Waals surface area contributed by atoms with Crippen LogP contribution in [-0.2, 0) is 0 Å². The van der Waals surface area contributed by atoms with Gasteiger partial charge in [-0.2, -0.15) is 0 Å². The Labute approximate surface area is 74.3 Å². The van der Waals surface area contributed by atoms with Crippen LogP contribution in [0.25, 0.3) is 0 Å². The largest absolute Gasteiger partial charge is 0.302 e. The van der Waals surface area contributed by atoms with Crippen molar-refractivity contribution in [3.8, 4) is 0 Å². The number of likely N-dealkylation sites (N-methyl/N-ethyl adjacent to an activating group) is 1. The van der Waals surface area contributed by atoms with E-state index in [1.807, 2.05) is 19.0 Å². The fourth-order valence-electron chi connectivity index (χ4n) is 1.68. The summed E-state index contributed by atoms with van der Waals surface area (Å²) in [7, 11) is 3.89. The maximum Gasteiger partial charge on any atom is 0.129 e. The standard InChI is InChI=1S/C9H19FN2/c1-7(2)12-5-8(10)9(6-12)11(3)4/h7-9H,5-6H2,1-4H3/t8-,9-/m1/s1. The van der Waals surface area contributed by atoms with Crippen LogP contribution in [-0.4, -0.2) is 55.2 Å². The second-order valence-electron chi connectivity index (χ2n) is 4.09. The zero-order valence-electron chi connectivity index (χ0n) is 8.42. The lowest BCUT2D eigenvalue weighted by molar-refractivity contribution is 0.202. The van der Waals surface area contributed by atoms with Gasteiger partial charge in [0, 0.05) is 19.1 Å². The Morgan fingerprint density at radius 2 is 1.92 bits per heavy atom. The average Bonchev–Trinajstić information content (AvgIpc) is 2.30. The number of hydrogen-bond donors (Lipinski definition) is 0. The molecule has 1 rings (SSSR count). The molecule has 0 aromatic rings. The maximum atomic E-state index is 13.4. The maximum absolute atomic E-state index is 13.4. The van der Waals surface area contributed by atoms with E-state index >= 15 is 0 Å². The molecule has 0 unspecified atom stereocenters. The third kappa shape index (κ3) is 1.96. The average molecular weight is 174 g/mol. The van der Waals surface area contributed by atoms with Crippen LogP contribution in [0.3, 0.4) is 0 Å². The molecule has 1 aliphatic heterocycles. The van der Waals surface area contributed by atoms with Gasteiger partial charge in [-0.3, -0.25) is 4.90 Å². The van der Waals surface area contributed by atoms with E-state index in [9.17, 15) is 4.39 Å². The number of hydrogen-bond acceptors (Lipinski definition) is 2. The summed E-state index contributed by atoms with van der Waals surface area (Å²) in [6.07, 6.45) is -0.678. The van der Waals surface area contributed by atoms with Crippen molar-refractivity contribution in [1.29, 1.82) is 0 Å². The SMILES string of the molecule is CC(C)N1C[C@@H](F)[C@H](N(C)C)C1. The van der Waals surface area contributed by atoms with Crippen molar-refractivity contribution in [3.05, 3.63) is 0 Å². The van der Waals surface area contributed by atoms with E-state index in [2.05, 4.69) is 18.7 Å². The monoisotopic (exact) mass is 174 g/mol. The van der Waals surface area contributed by atoms with Crippen LogP contribution >= 0.6 is 0 Å². The van der Waals surface area contributed by atoms with E-state index in [0.717, 1.165) is 6.54 Å². The highest BCUT2D eigenvalue weighted by Gasteiger charge is 2.34. The molecule has 0 bridgehead atoms. The Morgan fingerprint density at radius 3 is 2.17 bits per heavy atom. The molecule has 2 nitrogen and oxygen atoms in total. The van der Waals surface area contributed by atoms with E-state index in [4.69, 9.17) is 0 Å². The van der Waals surface area contributed by atoms with E-state index in [-0.39, 0.29) is 6.04 Å². The smallest absolute Gasteiger partial charge is 0.129 e. The Balaban J connectivity index is 2.50. The summed E-state index contributed by atoms with van der Waals surface area (Å²) >= 11 is 0. The highest BCUT2D eigenvalue weighted by molar-refractivity contribution is 4.90. The van der Waals surface area contributed by atoms with Gasteiger partial charge < -0.3 is 4.90 Å². The molecule has 1 aliphatic rings. The van der Waals surface area contributed by atoms with Crippen LogP contribution in [0.1, 0.15) is 13.8 Å². The fraction of sp³-hybridized carbons (Fsp3) is 1.00. The molecular weight excluding hydrogens is 155 g/mol. The van der Waals surface area contributed by atoms with E-state index < -0.39 is 6.17 Å². The van der Waals surface area contributed by atoms with Crippen LogP contribution in [0, 0.1) is 0 Å². The second-order valence-corrected chi connectivity index (χ2v) is 4.09. The first-order valence-electron chi connectivity index (χ1n) is 4.57. The van der Waals surface area contributed by atoms with Gasteiger partial charge in [-0.25, -0.2) is 4.39 Å². The number of halogens is 1. The van der Waals surface area contributed by atoms with Crippen LogP contribution in [0.5, 0.6) is 0 Å². The van der Waals surface area contributed by atoms with Crippen molar-refractivity contribution in [2.24, 2.45) is 0 Å². The number of rotatable bonds is 2. The summed E-state index contributed by atoms with van der Waals surface area (Å²) in [5, 5.41) is 0. The van der Waals surface area contributed by atoms with Gasteiger partial charge in [0.25, 0.3) is 0 Å². The first-order chi connectivity index (χ1) is 5.52. The zero-order valence-corrected chi connectivity index (χ0v) is 8.42. The van der Waals surface area contributed by atoms with Crippen LogP contribution in [0.2, 0.25) is 0 Å². The Kier molecular flexibility index (Phi) is 3.07. The second kappa shape index (κ2) is 3.71. The molecule has 0 saturated carbocycles.